The highest BCUT2D eigenvalue weighted by atomic mass is 16.5. The third-order valence-electron chi connectivity index (χ3n) is 6.13. The van der Waals surface area contributed by atoms with Crippen molar-refractivity contribution < 1.29 is 14.3 Å². The predicted octanol–water partition coefficient (Wildman–Crippen LogP) is 3.07. The molecule has 4 rings (SSSR count). The SMILES string of the molecule is COc1ccc(C2=NN(CC(=O)N3CCN(c4cccc(C)c4)C(C)C3)C(=O)CC2)cc1. The summed E-state index contributed by atoms with van der Waals surface area (Å²) in [5.74, 6) is 0.600. The molecule has 2 amide bonds. The highest BCUT2D eigenvalue weighted by Gasteiger charge is 2.30. The van der Waals surface area contributed by atoms with Crippen molar-refractivity contribution in [3.63, 3.8) is 0 Å². The van der Waals surface area contributed by atoms with Gasteiger partial charge in [-0.15, -0.1) is 0 Å². The van der Waals surface area contributed by atoms with Crippen LogP contribution in [0.5, 0.6) is 5.75 Å². The molecular formula is C25H30N4O3. The molecule has 0 saturated carbocycles. The Hall–Kier alpha value is -3.35. The first-order chi connectivity index (χ1) is 15.4. The molecule has 0 aromatic heterocycles. The smallest absolute Gasteiger partial charge is 0.244 e. The third kappa shape index (κ3) is 4.77. The lowest BCUT2D eigenvalue weighted by molar-refractivity contribution is -0.141. The lowest BCUT2D eigenvalue weighted by Gasteiger charge is -2.41. The lowest BCUT2D eigenvalue weighted by atomic mass is 10.0. The summed E-state index contributed by atoms with van der Waals surface area (Å²) in [5, 5.41) is 5.85. The van der Waals surface area contributed by atoms with Gasteiger partial charge >= 0.3 is 0 Å². The second-order valence-electron chi connectivity index (χ2n) is 8.45. The van der Waals surface area contributed by atoms with Crippen molar-refractivity contribution in [2.75, 3.05) is 38.2 Å². The van der Waals surface area contributed by atoms with Crippen LogP contribution >= 0.6 is 0 Å². The molecule has 2 aromatic rings. The van der Waals surface area contributed by atoms with Gasteiger partial charge < -0.3 is 14.5 Å². The highest BCUT2D eigenvalue weighted by molar-refractivity contribution is 6.04. The van der Waals surface area contributed by atoms with E-state index in [1.165, 1.54) is 16.3 Å². The van der Waals surface area contributed by atoms with E-state index < -0.39 is 0 Å². The van der Waals surface area contributed by atoms with Gasteiger partial charge in [0.1, 0.15) is 12.3 Å². The lowest BCUT2D eigenvalue weighted by Crippen LogP contribution is -2.55. The molecule has 1 atom stereocenters. The van der Waals surface area contributed by atoms with E-state index in [2.05, 4.69) is 48.1 Å². The van der Waals surface area contributed by atoms with Crippen LogP contribution < -0.4 is 9.64 Å². The molecule has 1 saturated heterocycles. The summed E-state index contributed by atoms with van der Waals surface area (Å²) in [5.41, 5.74) is 4.17. The fraction of sp³-hybridized carbons (Fsp3) is 0.400. The second kappa shape index (κ2) is 9.42. The molecule has 0 aliphatic carbocycles. The zero-order valence-electron chi connectivity index (χ0n) is 19.0. The average Bonchev–Trinajstić information content (AvgIpc) is 2.80. The van der Waals surface area contributed by atoms with Gasteiger partial charge in [0.05, 0.1) is 12.8 Å². The fourth-order valence-corrected chi connectivity index (χ4v) is 4.32. The molecule has 2 aliphatic heterocycles. The number of ether oxygens (including phenoxy) is 1. The zero-order valence-corrected chi connectivity index (χ0v) is 19.0. The largest absolute Gasteiger partial charge is 0.497 e. The average molecular weight is 435 g/mol. The number of anilines is 1. The molecule has 1 fully saturated rings. The number of hydrogen-bond donors (Lipinski definition) is 0. The molecule has 7 heteroatoms. The Labute approximate surface area is 189 Å². The maximum Gasteiger partial charge on any atom is 0.244 e. The maximum atomic E-state index is 13.0. The Balaban J connectivity index is 1.41. The van der Waals surface area contributed by atoms with Crippen LogP contribution in [0.3, 0.4) is 0 Å². The molecular weight excluding hydrogens is 404 g/mol. The number of aryl methyl sites for hydroxylation is 1. The molecule has 7 nitrogen and oxygen atoms in total. The van der Waals surface area contributed by atoms with Gasteiger partial charge in [0.25, 0.3) is 0 Å². The molecule has 2 aromatic carbocycles. The summed E-state index contributed by atoms with van der Waals surface area (Å²) in [7, 11) is 1.63. The number of hydrazone groups is 1. The fourth-order valence-electron chi connectivity index (χ4n) is 4.32. The molecule has 0 spiro atoms. The normalized spacial score (nSPS) is 19.1. The van der Waals surface area contributed by atoms with Crippen LogP contribution in [0.15, 0.2) is 53.6 Å². The van der Waals surface area contributed by atoms with Gasteiger partial charge in [-0.25, -0.2) is 5.01 Å². The Morgan fingerprint density at radius 3 is 2.59 bits per heavy atom. The van der Waals surface area contributed by atoms with Crippen molar-refractivity contribution >= 4 is 23.2 Å². The Morgan fingerprint density at radius 2 is 1.91 bits per heavy atom. The molecule has 168 valence electrons. The molecule has 2 heterocycles. The minimum Gasteiger partial charge on any atom is -0.497 e. The number of nitrogens with zero attached hydrogens (tertiary/aromatic N) is 4. The number of carbonyl (C=O) groups excluding carboxylic acids is 2. The second-order valence-corrected chi connectivity index (χ2v) is 8.45. The number of rotatable bonds is 5. The van der Waals surface area contributed by atoms with Crippen LogP contribution in [-0.4, -0.2) is 66.8 Å². The molecule has 0 radical (unpaired) electrons. The monoisotopic (exact) mass is 434 g/mol. The topological polar surface area (TPSA) is 65.5 Å². The number of carbonyl (C=O) groups is 2. The van der Waals surface area contributed by atoms with Crippen molar-refractivity contribution in [2.24, 2.45) is 5.10 Å². The molecule has 1 unspecified atom stereocenters. The first kappa shape index (κ1) is 21.9. The quantitative estimate of drug-likeness (QED) is 0.726. The van der Waals surface area contributed by atoms with Crippen LogP contribution in [0.2, 0.25) is 0 Å². The molecule has 0 bridgehead atoms. The van der Waals surface area contributed by atoms with E-state index in [0.29, 0.717) is 25.9 Å². The third-order valence-corrected chi connectivity index (χ3v) is 6.13. The van der Waals surface area contributed by atoms with E-state index in [0.717, 1.165) is 23.6 Å². The van der Waals surface area contributed by atoms with Gasteiger partial charge in [-0.1, -0.05) is 12.1 Å². The minimum absolute atomic E-state index is 0.0182. The van der Waals surface area contributed by atoms with Crippen LogP contribution in [-0.2, 0) is 9.59 Å². The van der Waals surface area contributed by atoms with E-state index in [1.807, 2.05) is 29.2 Å². The Morgan fingerprint density at radius 1 is 1.12 bits per heavy atom. The van der Waals surface area contributed by atoms with Crippen molar-refractivity contribution in [3.05, 3.63) is 59.7 Å². The summed E-state index contributed by atoms with van der Waals surface area (Å²) in [4.78, 5) is 29.6. The Kier molecular flexibility index (Phi) is 6.44. The highest BCUT2D eigenvalue weighted by Crippen LogP contribution is 2.22. The summed E-state index contributed by atoms with van der Waals surface area (Å²) >= 11 is 0. The van der Waals surface area contributed by atoms with Gasteiger partial charge in [0.15, 0.2) is 0 Å². The summed E-state index contributed by atoms with van der Waals surface area (Å²) < 4.78 is 5.21. The van der Waals surface area contributed by atoms with E-state index >= 15 is 0 Å². The van der Waals surface area contributed by atoms with Gasteiger partial charge in [0.2, 0.25) is 11.8 Å². The van der Waals surface area contributed by atoms with Gasteiger partial charge in [-0.3, -0.25) is 9.59 Å². The van der Waals surface area contributed by atoms with Gasteiger partial charge in [-0.2, -0.15) is 5.10 Å². The Bertz CT molecular complexity index is 1020. The van der Waals surface area contributed by atoms with Crippen molar-refractivity contribution in [1.29, 1.82) is 0 Å². The van der Waals surface area contributed by atoms with Crippen molar-refractivity contribution in [2.45, 2.75) is 32.7 Å². The number of hydrogen-bond acceptors (Lipinski definition) is 5. The van der Waals surface area contributed by atoms with Crippen LogP contribution in [0.4, 0.5) is 5.69 Å². The molecule has 32 heavy (non-hydrogen) atoms. The first-order valence-electron chi connectivity index (χ1n) is 11.1. The standard InChI is InChI=1S/C25H30N4O3/c1-18-5-4-6-21(15-18)28-14-13-27(16-19(28)2)25(31)17-29-24(30)12-11-23(26-29)20-7-9-22(32-3)10-8-20/h4-10,15,19H,11-14,16-17H2,1-3H3. The van der Waals surface area contributed by atoms with Crippen LogP contribution in [0.1, 0.15) is 30.9 Å². The number of methoxy groups -OCH3 is 1. The number of amides is 2. The minimum atomic E-state index is -0.109. The zero-order chi connectivity index (χ0) is 22.7. The van der Waals surface area contributed by atoms with Crippen molar-refractivity contribution in [3.8, 4) is 5.75 Å². The van der Waals surface area contributed by atoms with E-state index in [4.69, 9.17) is 4.74 Å². The predicted molar refractivity (Wildman–Crippen MR) is 125 cm³/mol. The van der Waals surface area contributed by atoms with Crippen LogP contribution in [0.25, 0.3) is 0 Å². The molecule has 0 N–H and O–H groups in total. The maximum absolute atomic E-state index is 13.0. The summed E-state index contributed by atoms with van der Waals surface area (Å²) in [6.07, 6.45) is 0.928. The first-order valence-corrected chi connectivity index (χ1v) is 11.1. The van der Waals surface area contributed by atoms with Crippen LogP contribution in [0, 0.1) is 6.92 Å². The summed E-state index contributed by atoms with van der Waals surface area (Å²) in [6, 6.07) is 16.2. The molecule has 2 aliphatic rings. The van der Waals surface area contributed by atoms with E-state index in [9.17, 15) is 9.59 Å². The van der Waals surface area contributed by atoms with E-state index in [1.54, 1.807) is 7.11 Å². The van der Waals surface area contributed by atoms with Crippen molar-refractivity contribution in [1.82, 2.24) is 9.91 Å². The summed E-state index contributed by atoms with van der Waals surface area (Å²) in [6.45, 7) is 6.23. The van der Waals surface area contributed by atoms with Gasteiger partial charge in [-0.05, 0) is 61.4 Å². The van der Waals surface area contributed by atoms with E-state index in [-0.39, 0.29) is 24.4 Å². The number of piperazine rings is 1. The number of benzene rings is 2. The van der Waals surface area contributed by atoms with Gasteiger partial charge in [0, 0.05) is 44.2 Å².